The van der Waals surface area contributed by atoms with Gasteiger partial charge in [-0.25, -0.2) is 0 Å². The number of rotatable bonds is 1. The number of amidine groups is 1. The first-order valence-corrected chi connectivity index (χ1v) is 6.26. The summed E-state index contributed by atoms with van der Waals surface area (Å²) in [7, 11) is 0. The lowest BCUT2D eigenvalue weighted by atomic mass is 10.3. The van der Waals surface area contributed by atoms with Crippen LogP contribution in [0.25, 0.3) is 0 Å². The molecule has 1 rings (SSSR count). The van der Waals surface area contributed by atoms with Crippen molar-refractivity contribution >= 4 is 5.84 Å². The highest BCUT2D eigenvalue weighted by atomic mass is 15.3. The lowest BCUT2D eigenvalue weighted by Gasteiger charge is -2.34. The van der Waals surface area contributed by atoms with Crippen LogP contribution in [0.1, 0.15) is 41.5 Å². The van der Waals surface area contributed by atoms with Crippen molar-refractivity contribution in [3.8, 4) is 0 Å². The Hall–Kier alpha value is -0.570. The quantitative estimate of drug-likeness (QED) is 0.538. The predicted molar refractivity (Wildman–Crippen MR) is 69.8 cm³/mol. The van der Waals surface area contributed by atoms with Gasteiger partial charge in [0.05, 0.1) is 5.84 Å². The maximum atomic E-state index is 7.42. The standard InChI is InChI=1S/C8H17N3.2C2H6/c1-3-10-4-6-11(7-5-10)8(2)9;2*1-2/h9H,3-7H2,1-2H3;2*1-2H3. The molecule has 0 amide bonds. The Morgan fingerprint density at radius 1 is 1.00 bits per heavy atom. The van der Waals surface area contributed by atoms with Crippen molar-refractivity contribution < 1.29 is 0 Å². The zero-order valence-corrected chi connectivity index (χ0v) is 11.4. The van der Waals surface area contributed by atoms with Crippen molar-refractivity contribution in [2.75, 3.05) is 32.7 Å². The molecule has 3 heteroatoms. The van der Waals surface area contributed by atoms with E-state index in [9.17, 15) is 0 Å². The van der Waals surface area contributed by atoms with Gasteiger partial charge < -0.3 is 9.80 Å². The van der Waals surface area contributed by atoms with E-state index < -0.39 is 0 Å². The van der Waals surface area contributed by atoms with Crippen molar-refractivity contribution in [1.29, 1.82) is 5.41 Å². The van der Waals surface area contributed by atoms with Crippen molar-refractivity contribution in [1.82, 2.24) is 9.80 Å². The van der Waals surface area contributed by atoms with E-state index in [0.717, 1.165) is 32.7 Å². The molecule has 0 bridgehead atoms. The predicted octanol–water partition coefficient (Wildman–Crippen LogP) is 2.67. The molecule has 0 atom stereocenters. The van der Waals surface area contributed by atoms with Crippen molar-refractivity contribution in [3.05, 3.63) is 0 Å². The van der Waals surface area contributed by atoms with Gasteiger partial charge in [-0.1, -0.05) is 34.6 Å². The van der Waals surface area contributed by atoms with E-state index in [1.54, 1.807) is 0 Å². The Labute approximate surface area is 96.0 Å². The van der Waals surface area contributed by atoms with Crippen LogP contribution in [-0.2, 0) is 0 Å². The van der Waals surface area contributed by atoms with Gasteiger partial charge in [-0.15, -0.1) is 0 Å². The number of piperazine rings is 1. The summed E-state index contributed by atoms with van der Waals surface area (Å²) in [6.45, 7) is 17.5. The minimum Gasteiger partial charge on any atom is -0.358 e. The second-order valence-corrected chi connectivity index (χ2v) is 3.01. The van der Waals surface area contributed by atoms with Crippen molar-refractivity contribution in [2.45, 2.75) is 41.5 Å². The fourth-order valence-corrected chi connectivity index (χ4v) is 1.40. The zero-order valence-electron chi connectivity index (χ0n) is 11.4. The van der Waals surface area contributed by atoms with Gasteiger partial charge >= 0.3 is 0 Å². The Bertz CT molecular complexity index is 138. The summed E-state index contributed by atoms with van der Waals surface area (Å²) in [6.07, 6.45) is 0. The van der Waals surface area contributed by atoms with E-state index in [0.29, 0.717) is 5.84 Å². The summed E-state index contributed by atoms with van der Waals surface area (Å²) >= 11 is 0. The van der Waals surface area contributed by atoms with Crippen molar-refractivity contribution in [3.63, 3.8) is 0 Å². The Kier molecular flexibility index (Phi) is 12.9. The smallest absolute Gasteiger partial charge is 0.0926 e. The molecule has 15 heavy (non-hydrogen) atoms. The van der Waals surface area contributed by atoms with Gasteiger partial charge in [0.1, 0.15) is 0 Å². The van der Waals surface area contributed by atoms with Gasteiger partial charge in [0, 0.05) is 26.2 Å². The number of hydrogen-bond donors (Lipinski definition) is 1. The molecule has 0 unspecified atom stereocenters. The first kappa shape index (κ1) is 16.8. The Morgan fingerprint density at radius 2 is 1.40 bits per heavy atom. The molecule has 0 saturated carbocycles. The Balaban J connectivity index is 0. The molecule has 0 aromatic carbocycles. The largest absolute Gasteiger partial charge is 0.358 e. The molecule has 1 fully saturated rings. The van der Waals surface area contributed by atoms with E-state index in [2.05, 4.69) is 16.7 Å². The lowest BCUT2D eigenvalue weighted by molar-refractivity contribution is 0.189. The average Bonchev–Trinajstić information content (AvgIpc) is 2.34. The van der Waals surface area contributed by atoms with E-state index in [-0.39, 0.29) is 0 Å². The molecular weight excluding hydrogens is 186 g/mol. The molecule has 0 aromatic heterocycles. The van der Waals surface area contributed by atoms with Gasteiger partial charge in [0.15, 0.2) is 0 Å². The van der Waals surface area contributed by atoms with Gasteiger partial charge in [0.2, 0.25) is 0 Å². The van der Waals surface area contributed by atoms with E-state index in [1.165, 1.54) is 0 Å². The minimum absolute atomic E-state index is 0.709. The third kappa shape index (κ3) is 7.37. The molecule has 0 aliphatic carbocycles. The SMILES string of the molecule is CC.CC.CCN1CCN(C(C)=N)CC1. The zero-order chi connectivity index (χ0) is 12.3. The second kappa shape index (κ2) is 11.5. The maximum absolute atomic E-state index is 7.42. The molecule has 92 valence electrons. The molecule has 1 N–H and O–H groups in total. The molecule has 3 nitrogen and oxygen atoms in total. The molecule has 1 heterocycles. The topological polar surface area (TPSA) is 30.3 Å². The highest BCUT2D eigenvalue weighted by Gasteiger charge is 2.14. The molecule has 1 aliphatic heterocycles. The summed E-state index contributed by atoms with van der Waals surface area (Å²) in [4.78, 5) is 4.55. The summed E-state index contributed by atoms with van der Waals surface area (Å²) in [5.74, 6) is 0.709. The first-order chi connectivity index (χ1) is 7.24. The summed E-state index contributed by atoms with van der Waals surface area (Å²) in [5, 5.41) is 7.42. The van der Waals surface area contributed by atoms with Crippen LogP contribution in [0.2, 0.25) is 0 Å². The minimum atomic E-state index is 0.709. The molecule has 0 spiro atoms. The lowest BCUT2D eigenvalue weighted by Crippen LogP contribution is -2.47. The van der Waals surface area contributed by atoms with E-state index in [1.807, 2.05) is 34.6 Å². The highest BCUT2D eigenvalue weighted by Crippen LogP contribution is 2.00. The summed E-state index contributed by atoms with van der Waals surface area (Å²) in [6, 6.07) is 0. The van der Waals surface area contributed by atoms with E-state index >= 15 is 0 Å². The van der Waals surface area contributed by atoms with Gasteiger partial charge in [-0.2, -0.15) is 0 Å². The third-order valence-corrected chi connectivity index (χ3v) is 2.29. The number of hydrogen-bond acceptors (Lipinski definition) is 2. The third-order valence-electron chi connectivity index (χ3n) is 2.29. The molecule has 1 saturated heterocycles. The van der Waals surface area contributed by atoms with Gasteiger partial charge in [-0.3, -0.25) is 5.41 Å². The number of likely N-dealkylation sites (N-methyl/N-ethyl adjacent to an activating group) is 1. The summed E-state index contributed by atoms with van der Waals surface area (Å²) in [5.41, 5.74) is 0. The van der Waals surface area contributed by atoms with Crippen LogP contribution >= 0.6 is 0 Å². The summed E-state index contributed by atoms with van der Waals surface area (Å²) < 4.78 is 0. The highest BCUT2D eigenvalue weighted by molar-refractivity contribution is 5.76. The van der Waals surface area contributed by atoms with E-state index in [4.69, 9.17) is 5.41 Å². The molecular formula is C12H29N3. The monoisotopic (exact) mass is 215 g/mol. The van der Waals surface area contributed by atoms with Crippen LogP contribution in [0.3, 0.4) is 0 Å². The number of nitrogens with one attached hydrogen (secondary N) is 1. The van der Waals surface area contributed by atoms with Crippen LogP contribution < -0.4 is 0 Å². The maximum Gasteiger partial charge on any atom is 0.0926 e. The first-order valence-electron chi connectivity index (χ1n) is 6.26. The van der Waals surface area contributed by atoms with Crippen LogP contribution in [0, 0.1) is 5.41 Å². The number of nitrogens with zero attached hydrogens (tertiary/aromatic N) is 2. The van der Waals surface area contributed by atoms with Crippen molar-refractivity contribution in [2.24, 2.45) is 0 Å². The van der Waals surface area contributed by atoms with Gasteiger partial charge in [0.25, 0.3) is 0 Å². The van der Waals surface area contributed by atoms with Crippen LogP contribution in [0.5, 0.6) is 0 Å². The second-order valence-electron chi connectivity index (χ2n) is 3.01. The van der Waals surface area contributed by atoms with Crippen LogP contribution in [0.4, 0.5) is 0 Å². The van der Waals surface area contributed by atoms with Gasteiger partial charge in [-0.05, 0) is 13.5 Å². The molecule has 1 aliphatic rings. The molecule has 0 aromatic rings. The van der Waals surface area contributed by atoms with Crippen LogP contribution in [-0.4, -0.2) is 48.4 Å². The Morgan fingerprint density at radius 3 is 1.67 bits per heavy atom. The van der Waals surface area contributed by atoms with Crippen LogP contribution in [0.15, 0.2) is 0 Å². The molecule has 0 radical (unpaired) electrons. The fourth-order valence-electron chi connectivity index (χ4n) is 1.40. The average molecular weight is 215 g/mol. The normalized spacial score (nSPS) is 15.7. The fraction of sp³-hybridized carbons (Fsp3) is 0.917.